The summed E-state index contributed by atoms with van der Waals surface area (Å²) in [7, 11) is -3.71. The molecule has 1 aromatic carbocycles. The molecule has 5 nitrogen and oxygen atoms in total. The van der Waals surface area contributed by atoms with Crippen molar-refractivity contribution < 1.29 is 8.42 Å². The van der Waals surface area contributed by atoms with Crippen LogP contribution < -0.4 is 5.14 Å². The first kappa shape index (κ1) is 12.5. The van der Waals surface area contributed by atoms with Crippen LogP contribution in [0.4, 0.5) is 0 Å². The van der Waals surface area contributed by atoms with Crippen LogP contribution in [0.1, 0.15) is 5.56 Å². The van der Waals surface area contributed by atoms with Crippen LogP contribution in [0.5, 0.6) is 0 Å². The summed E-state index contributed by atoms with van der Waals surface area (Å²) in [6.07, 6.45) is 2.88. The zero-order chi connectivity index (χ0) is 12.5. The minimum atomic E-state index is -3.71. The first-order valence-corrected chi connectivity index (χ1v) is 7.37. The standard InChI is InChI=1S/C10H10IN3O2S/c11-9-3-1-8(2-4-9)5-14-6-10(13-7-14)17(12,15)16/h1-4,6-7H,5H2,(H2,12,15,16). The van der Waals surface area contributed by atoms with Gasteiger partial charge in [-0.15, -0.1) is 0 Å². The third-order valence-corrected chi connectivity index (χ3v) is 3.69. The Kier molecular flexibility index (Phi) is 3.50. The van der Waals surface area contributed by atoms with Crippen LogP contribution in [-0.2, 0) is 16.6 Å². The molecular weight excluding hydrogens is 353 g/mol. The summed E-state index contributed by atoms with van der Waals surface area (Å²) in [5, 5.41) is 4.87. The van der Waals surface area contributed by atoms with E-state index in [9.17, 15) is 8.42 Å². The van der Waals surface area contributed by atoms with Crippen LogP contribution in [0, 0.1) is 3.57 Å². The van der Waals surface area contributed by atoms with Gasteiger partial charge in [0, 0.05) is 16.3 Å². The molecule has 0 aliphatic carbocycles. The maximum Gasteiger partial charge on any atom is 0.257 e. The lowest BCUT2D eigenvalue weighted by molar-refractivity contribution is 0.594. The Balaban J connectivity index is 2.20. The number of sulfonamides is 1. The predicted octanol–water partition coefficient (Wildman–Crippen LogP) is 1.18. The topological polar surface area (TPSA) is 78.0 Å². The Bertz CT molecular complexity index is 619. The number of rotatable bonds is 3. The molecule has 7 heteroatoms. The molecule has 17 heavy (non-hydrogen) atoms. The first-order valence-electron chi connectivity index (χ1n) is 4.74. The van der Waals surface area contributed by atoms with Crippen LogP contribution in [0.25, 0.3) is 0 Å². The molecular formula is C10H10IN3O2S. The lowest BCUT2D eigenvalue weighted by Crippen LogP contribution is -2.12. The van der Waals surface area contributed by atoms with E-state index in [-0.39, 0.29) is 5.03 Å². The third kappa shape index (κ3) is 3.27. The Labute approximate surface area is 113 Å². The minimum Gasteiger partial charge on any atom is -0.332 e. The summed E-state index contributed by atoms with van der Waals surface area (Å²) in [6, 6.07) is 7.96. The quantitative estimate of drug-likeness (QED) is 0.832. The third-order valence-electron chi connectivity index (χ3n) is 2.18. The molecule has 2 aromatic rings. The summed E-state index contributed by atoms with van der Waals surface area (Å²) in [4.78, 5) is 3.75. The van der Waals surface area contributed by atoms with Crippen molar-refractivity contribution in [2.45, 2.75) is 11.6 Å². The summed E-state index contributed by atoms with van der Waals surface area (Å²) in [5.41, 5.74) is 1.07. The number of nitrogens with two attached hydrogens (primary N) is 1. The van der Waals surface area contributed by atoms with Crippen molar-refractivity contribution in [3.05, 3.63) is 45.9 Å². The van der Waals surface area contributed by atoms with Gasteiger partial charge in [-0.1, -0.05) is 12.1 Å². The largest absolute Gasteiger partial charge is 0.332 e. The molecule has 2 N–H and O–H groups in total. The fourth-order valence-corrected chi connectivity index (χ4v) is 2.21. The van der Waals surface area contributed by atoms with E-state index in [0.717, 1.165) is 9.13 Å². The van der Waals surface area contributed by atoms with E-state index >= 15 is 0 Å². The predicted molar refractivity (Wildman–Crippen MR) is 71.9 cm³/mol. The minimum absolute atomic E-state index is 0.108. The molecule has 1 aromatic heterocycles. The highest BCUT2D eigenvalue weighted by Gasteiger charge is 2.11. The van der Waals surface area contributed by atoms with Gasteiger partial charge in [-0.3, -0.25) is 0 Å². The van der Waals surface area contributed by atoms with E-state index in [2.05, 4.69) is 27.6 Å². The molecule has 0 unspecified atom stereocenters. The number of halogens is 1. The van der Waals surface area contributed by atoms with Gasteiger partial charge in [0.2, 0.25) is 0 Å². The van der Waals surface area contributed by atoms with E-state index in [0.29, 0.717) is 6.54 Å². The van der Waals surface area contributed by atoms with Crippen molar-refractivity contribution >= 4 is 32.6 Å². The highest BCUT2D eigenvalue weighted by Crippen LogP contribution is 2.09. The molecule has 0 radical (unpaired) electrons. The van der Waals surface area contributed by atoms with Crippen molar-refractivity contribution in [3.8, 4) is 0 Å². The molecule has 0 spiro atoms. The maximum atomic E-state index is 11.0. The maximum absolute atomic E-state index is 11.0. The number of hydrogen-bond acceptors (Lipinski definition) is 3. The molecule has 1 heterocycles. The zero-order valence-corrected chi connectivity index (χ0v) is 11.7. The van der Waals surface area contributed by atoms with Gasteiger partial charge in [0.15, 0.2) is 5.03 Å². The van der Waals surface area contributed by atoms with Crippen molar-refractivity contribution in [3.63, 3.8) is 0 Å². The van der Waals surface area contributed by atoms with Gasteiger partial charge in [-0.25, -0.2) is 18.5 Å². The molecule has 0 saturated heterocycles. The van der Waals surface area contributed by atoms with Gasteiger partial charge >= 0.3 is 0 Å². The van der Waals surface area contributed by atoms with Crippen molar-refractivity contribution in [1.82, 2.24) is 9.55 Å². The summed E-state index contributed by atoms with van der Waals surface area (Å²) < 4.78 is 24.9. The number of benzene rings is 1. The monoisotopic (exact) mass is 363 g/mol. The van der Waals surface area contributed by atoms with E-state index in [4.69, 9.17) is 5.14 Å². The summed E-state index contributed by atoms with van der Waals surface area (Å²) in [5.74, 6) is 0. The normalized spacial score (nSPS) is 11.6. The average Bonchev–Trinajstić information content (AvgIpc) is 2.69. The summed E-state index contributed by atoms with van der Waals surface area (Å²) >= 11 is 2.23. The SMILES string of the molecule is NS(=O)(=O)c1cn(Cc2ccc(I)cc2)cn1. The first-order chi connectivity index (χ1) is 7.95. The van der Waals surface area contributed by atoms with Gasteiger partial charge in [-0.05, 0) is 40.3 Å². The zero-order valence-electron chi connectivity index (χ0n) is 8.75. The summed E-state index contributed by atoms with van der Waals surface area (Å²) in [6.45, 7) is 0.569. The highest BCUT2D eigenvalue weighted by molar-refractivity contribution is 14.1. The molecule has 0 bridgehead atoms. The Morgan fingerprint density at radius 3 is 2.47 bits per heavy atom. The van der Waals surface area contributed by atoms with Crippen LogP contribution in [0.15, 0.2) is 41.8 Å². The molecule has 0 saturated carbocycles. The van der Waals surface area contributed by atoms with Gasteiger partial charge < -0.3 is 4.57 Å². The molecule has 2 rings (SSSR count). The highest BCUT2D eigenvalue weighted by atomic mass is 127. The van der Waals surface area contributed by atoms with Crippen LogP contribution >= 0.6 is 22.6 Å². The van der Waals surface area contributed by atoms with E-state index in [1.165, 1.54) is 12.5 Å². The molecule has 0 aliphatic rings. The van der Waals surface area contributed by atoms with Gasteiger partial charge in [0.05, 0.1) is 6.33 Å². The number of nitrogens with zero attached hydrogens (tertiary/aromatic N) is 2. The second-order valence-electron chi connectivity index (χ2n) is 3.56. The van der Waals surface area contributed by atoms with E-state index < -0.39 is 10.0 Å². The van der Waals surface area contributed by atoms with Gasteiger partial charge in [0.25, 0.3) is 10.0 Å². The smallest absolute Gasteiger partial charge is 0.257 e. The second kappa shape index (κ2) is 4.75. The number of hydrogen-bond donors (Lipinski definition) is 1. The van der Waals surface area contributed by atoms with E-state index in [1.54, 1.807) is 4.57 Å². The van der Waals surface area contributed by atoms with E-state index in [1.807, 2.05) is 24.3 Å². The lowest BCUT2D eigenvalue weighted by Gasteiger charge is -2.02. The Morgan fingerprint density at radius 2 is 1.94 bits per heavy atom. The Morgan fingerprint density at radius 1 is 1.29 bits per heavy atom. The van der Waals surface area contributed by atoms with Crippen LogP contribution in [0.2, 0.25) is 0 Å². The second-order valence-corrected chi connectivity index (χ2v) is 6.31. The Hall–Kier alpha value is -0.930. The van der Waals surface area contributed by atoms with Crippen molar-refractivity contribution in [2.75, 3.05) is 0 Å². The fourth-order valence-electron chi connectivity index (χ4n) is 1.37. The van der Waals surface area contributed by atoms with Crippen LogP contribution in [-0.4, -0.2) is 18.0 Å². The van der Waals surface area contributed by atoms with Gasteiger partial charge in [0.1, 0.15) is 0 Å². The molecule has 0 aliphatic heterocycles. The van der Waals surface area contributed by atoms with Crippen molar-refractivity contribution in [2.24, 2.45) is 5.14 Å². The number of primary sulfonamides is 1. The van der Waals surface area contributed by atoms with Crippen LogP contribution in [0.3, 0.4) is 0 Å². The molecule has 90 valence electrons. The number of imidazole rings is 1. The molecule has 0 amide bonds. The lowest BCUT2D eigenvalue weighted by atomic mass is 10.2. The average molecular weight is 363 g/mol. The molecule has 0 fully saturated rings. The van der Waals surface area contributed by atoms with Gasteiger partial charge in [-0.2, -0.15) is 0 Å². The fraction of sp³-hybridized carbons (Fsp3) is 0.100. The van der Waals surface area contributed by atoms with Crippen molar-refractivity contribution in [1.29, 1.82) is 0 Å². The molecule has 0 atom stereocenters. The number of aromatic nitrogens is 2.